The maximum atomic E-state index is 12.9. The van der Waals surface area contributed by atoms with E-state index in [1.165, 1.54) is 28.4 Å². The lowest BCUT2D eigenvalue weighted by Crippen LogP contribution is -2.31. The number of fused-ring (bicyclic) bond motifs is 1. The molecule has 0 spiro atoms. The Morgan fingerprint density at radius 1 is 0.970 bits per heavy atom. The molecule has 0 saturated carbocycles. The van der Waals surface area contributed by atoms with Crippen LogP contribution in [0.1, 0.15) is 36.6 Å². The van der Waals surface area contributed by atoms with Gasteiger partial charge in [0.1, 0.15) is 0 Å². The number of thiazole rings is 1. The number of carbonyl (C=O) groups excluding carboxylic acids is 3. The Morgan fingerprint density at radius 3 is 2.58 bits per heavy atom. The predicted molar refractivity (Wildman–Crippen MR) is 125 cm³/mol. The van der Waals surface area contributed by atoms with Crippen LogP contribution in [-0.4, -0.2) is 39.1 Å². The number of nitrogens with zero attached hydrogens (tertiary/aromatic N) is 3. The summed E-state index contributed by atoms with van der Waals surface area (Å²) in [6, 6.07) is 17.9. The van der Waals surface area contributed by atoms with Crippen molar-refractivity contribution < 1.29 is 14.4 Å². The van der Waals surface area contributed by atoms with Crippen LogP contribution in [0.5, 0.6) is 0 Å². The highest BCUT2D eigenvalue weighted by atomic mass is 32.1. The fourth-order valence-electron chi connectivity index (χ4n) is 3.67. The van der Waals surface area contributed by atoms with E-state index in [2.05, 4.69) is 15.3 Å². The largest absolute Gasteiger partial charge is 0.298 e. The minimum atomic E-state index is -0.395. The van der Waals surface area contributed by atoms with Crippen LogP contribution in [0.2, 0.25) is 0 Å². The third-order valence-electron chi connectivity index (χ3n) is 5.38. The van der Waals surface area contributed by atoms with Crippen LogP contribution in [0.3, 0.4) is 0 Å². The van der Waals surface area contributed by atoms with E-state index in [4.69, 9.17) is 0 Å². The summed E-state index contributed by atoms with van der Waals surface area (Å²) < 4.78 is 0. The summed E-state index contributed by atoms with van der Waals surface area (Å²) in [6.07, 6.45) is 3.96. The zero-order valence-corrected chi connectivity index (χ0v) is 18.2. The normalized spacial score (nSPS) is 12.7. The van der Waals surface area contributed by atoms with E-state index < -0.39 is 5.91 Å². The van der Waals surface area contributed by atoms with E-state index in [0.29, 0.717) is 22.8 Å². The highest BCUT2D eigenvalue weighted by Crippen LogP contribution is 2.27. The first-order valence-corrected chi connectivity index (χ1v) is 11.2. The number of imide groups is 1. The van der Waals surface area contributed by atoms with Gasteiger partial charge in [0, 0.05) is 35.4 Å². The molecule has 2 aromatic heterocycles. The Morgan fingerprint density at radius 2 is 1.79 bits per heavy atom. The van der Waals surface area contributed by atoms with Gasteiger partial charge in [0.15, 0.2) is 5.13 Å². The van der Waals surface area contributed by atoms with E-state index in [9.17, 15) is 14.4 Å². The van der Waals surface area contributed by atoms with Gasteiger partial charge in [0.05, 0.1) is 16.8 Å². The Balaban J connectivity index is 1.30. The molecule has 0 atom stereocenters. The molecule has 1 aliphatic heterocycles. The molecule has 2 aromatic carbocycles. The van der Waals surface area contributed by atoms with Crippen molar-refractivity contribution in [3.05, 3.63) is 101 Å². The average molecular weight is 455 g/mol. The predicted octanol–water partition coefficient (Wildman–Crippen LogP) is 4.30. The average Bonchev–Trinajstić information content (AvgIpc) is 3.41. The highest BCUT2D eigenvalue weighted by molar-refractivity contribution is 7.14. The van der Waals surface area contributed by atoms with E-state index in [1.54, 1.807) is 18.5 Å². The number of pyridine rings is 1. The lowest BCUT2D eigenvalue weighted by atomic mass is 10.1. The molecule has 1 N–H and O–H groups in total. The second kappa shape index (κ2) is 8.76. The first-order chi connectivity index (χ1) is 16.1. The van der Waals surface area contributed by atoms with Gasteiger partial charge >= 0.3 is 0 Å². The monoisotopic (exact) mass is 454 g/mol. The summed E-state index contributed by atoms with van der Waals surface area (Å²) in [6.45, 7) is 0.286. The molecule has 162 valence electrons. The zero-order chi connectivity index (χ0) is 22.8. The molecular formula is C25H18N4O3S. The number of rotatable bonds is 6. The third kappa shape index (κ3) is 4.16. The summed E-state index contributed by atoms with van der Waals surface area (Å²) in [5.41, 5.74) is 3.47. The summed E-state index contributed by atoms with van der Waals surface area (Å²) in [7, 11) is 0. The first-order valence-electron chi connectivity index (χ1n) is 10.3. The third-order valence-corrected chi connectivity index (χ3v) is 6.14. The summed E-state index contributed by atoms with van der Waals surface area (Å²) in [4.78, 5) is 48.1. The van der Waals surface area contributed by atoms with Gasteiger partial charge in [0.2, 0.25) is 0 Å². The number of aromatic nitrogens is 2. The summed E-state index contributed by atoms with van der Waals surface area (Å²) >= 11 is 1.30. The van der Waals surface area contributed by atoms with E-state index >= 15 is 0 Å². The fraction of sp³-hybridized carbons (Fsp3) is 0.0800. The van der Waals surface area contributed by atoms with E-state index in [-0.39, 0.29) is 29.5 Å². The molecule has 0 unspecified atom stereocenters. The molecule has 0 radical (unpaired) electrons. The number of hydrogen-bond acceptors (Lipinski definition) is 6. The smallest absolute Gasteiger partial charge is 0.261 e. The van der Waals surface area contributed by atoms with Gasteiger partial charge in [-0.25, -0.2) is 4.98 Å². The van der Waals surface area contributed by atoms with Crippen molar-refractivity contribution in [3.63, 3.8) is 0 Å². The molecule has 0 aliphatic carbocycles. The lowest BCUT2D eigenvalue weighted by Gasteiger charge is -2.13. The molecule has 3 amide bonds. The van der Waals surface area contributed by atoms with Crippen LogP contribution in [0, 0.1) is 0 Å². The van der Waals surface area contributed by atoms with Crippen molar-refractivity contribution in [3.8, 4) is 11.3 Å². The molecule has 0 saturated heterocycles. The molecular weight excluding hydrogens is 436 g/mol. The van der Waals surface area contributed by atoms with Gasteiger partial charge in [0.25, 0.3) is 17.7 Å². The standard InChI is InChI=1S/C25H18N4O3S/c30-22(28-25-27-21(15-33-25)18-7-4-11-26-14-18)17-8-9-19-20(13-17)24(32)29(23(19)31)12-10-16-5-2-1-3-6-16/h1-9,11,13-15H,10,12H2,(H,27,28,30). The molecule has 4 aromatic rings. The first kappa shape index (κ1) is 20.7. The number of amides is 3. The lowest BCUT2D eigenvalue weighted by molar-refractivity contribution is 0.0656. The fourth-order valence-corrected chi connectivity index (χ4v) is 4.38. The second-order valence-electron chi connectivity index (χ2n) is 7.49. The molecule has 5 rings (SSSR count). The molecule has 8 heteroatoms. The highest BCUT2D eigenvalue weighted by Gasteiger charge is 2.35. The van der Waals surface area contributed by atoms with Crippen molar-refractivity contribution in [2.24, 2.45) is 0 Å². The second-order valence-corrected chi connectivity index (χ2v) is 8.35. The Hall–Kier alpha value is -4.17. The quantitative estimate of drug-likeness (QED) is 0.439. The topological polar surface area (TPSA) is 92.3 Å². The Bertz CT molecular complexity index is 1350. The van der Waals surface area contributed by atoms with Crippen LogP contribution < -0.4 is 5.32 Å². The number of nitrogens with one attached hydrogen (secondary N) is 1. The van der Waals surface area contributed by atoms with Crippen molar-refractivity contribution in [1.29, 1.82) is 0 Å². The molecule has 7 nitrogen and oxygen atoms in total. The van der Waals surface area contributed by atoms with Gasteiger partial charge in [-0.15, -0.1) is 11.3 Å². The van der Waals surface area contributed by atoms with Crippen molar-refractivity contribution >= 4 is 34.2 Å². The molecule has 1 aliphatic rings. The van der Waals surface area contributed by atoms with Crippen molar-refractivity contribution in [1.82, 2.24) is 14.9 Å². The van der Waals surface area contributed by atoms with Gasteiger partial charge in [-0.2, -0.15) is 0 Å². The van der Waals surface area contributed by atoms with Crippen LogP contribution in [0.4, 0.5) is 5.13 Å². The van der Waals surface area contributed by atoms with Gasteiger partial charge in [-0.1, -0.05) is 30.3 Å². The summed E-state index contributed by atoms with van der Waals surface area (Å²) in [5, 5.41) is 5.03. The SMILES string of the molecule is O=C(Nc1nc(-c2cccnc2)cs1)c1ccc2c(c1)C(=O)N(CCc1ccccc1)C2=O. The van der Waals surface area contributed by atoms with Crippen LogP contribution in [0.25, 0.3) is 11.3 Å². The zero-order valence-electron chi connectivity index (χ0n) is 17.4. The van der Waals surface area contributed by atoms with Crippen molar-refractivity contribution in [2.75, 3.05) is 11.9 Å². The van der Waals surface area contributed by atoms with Gasteiger partial charge in [-0.05, 0) is 42.3 Å². The molecule has 3 heterocycles. The molecule has 33 heavy (non-hydrogen) atoms. The Labute approximate surface area is 193 Å². The van der Waals surface area contributed by atoms with E-state index in [0.717, 1.165) is 11.1 Å². The number of carbonyl (C=O) groups is 3. The van der Waals surface area contributed by atoms with Crippen LogP contribution in [0.15, 0.2) is 78.4 Å². The van der Waals surface area contributed by atoms with Crippen LogP contribution in [-0.2, 0) is 6.42 Å². The van der Waals surface area contributed by atoms with Crippen molar-refractivity contribution in [2.45, 2.75) is 6.42 Å². The molecule has 0 bridgehead atoms. The van der Waals surface area contributed by atoms with Crippen LogP contribution >= 0.6 is 11.3 Å². The van der Waals surface area contributed by atoms with Gasteiger partial charge < -0.3 is 0 Å². The van der Waals surface area contributed by atoms with Gasteiger partial charge in [-0.3, -0.25) is 29.6 Å². The number of hydrogen-bond donors (Lipinski definition) is 1. The number of anilines is 1. The maximum absolute atomic E-state index is 12.9. The number of benzene rings is 2. The minimum absolute atomic E-state index is 0.246. The Kier molecular flexibility index (Phi) is 5.50. The summed E-state index contributed by atoms with van der Waals surface area (Å²) in [5.74, 6) is -1.11. The maximum Gasteiger partial charge on any atom is 0.261 e. The minimum Gasteiger partial charge on any atom is -0.298 e. The molecule has 0 fully saturated rings. The van der Waals surface area contributed by atoms with E-state index in [1.807, 2.05) is 47.8 Å².